The molecule has 0 aromatic heterocycles. The van der Waals surface area contributed by atoms with E-state index >= 15 is 0 Å². The summed E-state index contributed by atoms with van der Waals surface area (Å²) >= 11 is 3.49. The maximum Gasteiger partial charge on any atom is 0.0622 e. The SMILES string of the molecule is CCC1COCCN1CCC(NC)c1ccc(Br)cc1. The van der Waals surface area contributed by atoms with Gasteiger partial charge < -0.3 is 10.1 Å². The van der Waals surface area contributed by atoms with E-state index in [2.05, 4.69) is 57.3 Å². The summed E-state index contributed by atoms with van der Waals surface area (Å²) in [7, 11) is 2.04. The van der Waals surface area contributed by atoms with E-state index in [1.54, 1.807) is 0 Å². The van der Waals surface area contributed by atoms with E-state index in [1.807, 2.05) is 7.05 Å². The van der Waals surface area contributed by atoms with Crippen molar-refractivity contribution in [3.8, 4) is 0 Å². The van der Waals surface area contributed by atoms with Crippen LogP contribution in [0, 0.1) is 0 Å². The Balaban J connectivity index is 1.91. The van der Waals surface area contributed by atoms with E-state index in [9.17, 15) is 0 Å². The van der Waals surface area contributed by atoms with Gasteiger partial charge in [0.25, 0.3) is 0 Å². The minimum absolute atomic E-state index is 0.420. The molecule has 0 amide bonds. The molecule has 1 saturated heterocycles. The Labute approximate surface area is 130 Å². The highest BCUT2D eigenvalue weighted by Crippen LogP contribution is 2.21. The molecule has 1 heterocycles. The van der Waals surface area contributed by atoms with Gasteiger partial charge in [-0.25, -0.2) is 0 Å². The van der Waals surface area contributed by atoms with Crippen LogP contribution < -0.4 is 5.32 Å². The molecule has 112 valence electrons. The van der Waals surface area contributed by atoms with Crippen molar-refractivity contribution in [2.75, 3.05) is 33.4 Å². The van der Waals surface area contributed by atoms with Gasteiger partial charge in [-0.05, 0) is 37.6 Å². The normalized spacial score (nSPS) is 21.9. The lowest BCUT2D eigenvalue weighted by molar-refractivity contribution is -0.00997. The molecule has 1 N–H and O–H groups in total. The molecular formula is C16H25BrN2O. The molecule has 0 radical (unpaired) electrons. The Hall–Kier alpha value is -0.420. The van der Waals surface area contributed by atoms with Crippen molar-refractivity contribution >= 4 is 15.9 Å². The van der Waals surface area contributed by atoms with Crippen molar-refractivity contribution in [2.24, 2.45) is 0 Å². The summed E-state index contributed by atoms with van der Waals surface area (Å²) in [4.78, 5) is 2.58. The summed E-state index contributed by atoms with van der Waals surface area (Å²) in [5, 5.41) is 3.44. The lowest BCUT2D eigenvalue weighted by Gasteiger charge is -2.35. The number of rotatable bonds is 6. The summed E-state index contributed by atoms with van der Waals surface area (Å²) in [6.07, 6.45) is 2.30. The molecule has 1 aliphatic heterocycles. The maximum absolute atomic E-state index is 5.57. The molecule has 0 spiro atoms. The van der Waals surface area contributed by atoms with Gasteiger partial charge in [0.2, 0.25) is 0 Å². The molecule has 2 atom stereocenters. The fraction of sp³-hybridized carbons (Fsp3) is 0.625. The van der Waals surface area contributed by atoms with Gasteiger partial charge in [0.05, 0.1) is 13.2 Å². The van der Waals surface area contributed by atoms with Crippen molar-refractivity contribution in [1.29, 1.82) is 0 Å². The van der Waals surface area contributed by atoms with E-state index in [4.69, 9.17) is 4.74 Å². The average molecular weight is 341 g/mol. The molecular weight excluding hydrogens is 316 g/mol. The molecule has 2 rings (SSSR count). The predicted molar refractivity (Wildman–Crippen MR) is 87.0 cm³/mol. The van der Waals surface area contributed by atoms with Crippen LogP contribution in [0.4, 0.5) is 0 Å². The number of halogens is 1. The topological polar surface area (TPSA) is 24.5 Å². The van der Waals surface area contributed by atoms with Gasteiger partial charge in [-0.1, -0.05) is 35.0 Å². The highest BCUT2D eigenvalue weighted by molar-refractivity contribution is 9.10. The predicted octanol–water partition coefficient (Wildman–Crippen LogP) is 3.21. The van der Waals surface area contributed by atoms with Gasteiger partial charge in [-0.2, -0.15) is 0 Å². The average Bonchev–Trinajstić information content (AvgIpc) is 2.50. The van der Waals surface area contributed by atoms with Crippen LogP contribution in [0.15, 0.2) is 28.7 Å². The van der Waals surface area contributed by atoms with Crippen molar-refractivity contribution in [3.05, 3.63) is 34.3 Å². The first-order chi connectivity index (χ1) is 9.74. The Kier molecular flexibility index (Phi) is 6.49. The van der Waals surface area contributed by atoms with Crippen molar-refractivity contribution in [1.82, 2.24) is 10.2 Å². The van der Waals surface area contributed by atoms with Gasteiger partial charge in [0.15, 0.2) is 0 Å². The molecule has 1 aromatic carbocycles. The number of nitrogens with one attached hydrogen (secondary N) is 1. The largest absolute Gasteiger partial charge is 0.378 e. The van der Waals surface area contributed by atoms with E-state index < -0.39 is 0 Å². The number of benzene rings is 1. The molecule has 20 heavy (non-hydrogen) atoms. The minimum Gasteiger partial charge on any atom is -0.378 e. The van der Waals surface area contributed by atoms with E-state index in [0.29, 0.717) is 12.1 Å². The maximum atomic E-state index is 5.57. The number of nitrogens with zero attached hydrogens (tertiary/aromatic N) is 1. The van der Waals surface area contributed by atoms with Crippen LogP contribution in [0.1, 0.15) is 31.4 Å². The first-order valence-corrected chi connectivity index (χ1v) is 8.28. The van der Waals surface area contributed by atoms with Crippen LogP contribution in [0.5, 0.6) is 0 Å². The van der Waals surface area contributed by atoms with Gasteiger partial charge in [0, 0.05) is 29.6 Å². The van der Waals surface area contributed by atoms with Crippen LogP contribution in [-0.2, 0) is 4.74 Å². The first kappa shape index (κ1) is 16.0. The Morgan fingerprint density at radius 2 is 2.15 bits per heavy atom. The first-order valence-electron chi connectivity index (χ1n) is 7.49. The van der Waals surface area contributed by atoms with Crippen molar-refractivity contribution in [2.45, 2.75) is 31.8 Å². The van der Waals surface area contributed by atoms with Crippen LogP contribution in [-0.4, -0.2) is 44.3 Å². The van der Waals surface area contributed by atoms with Gasteiger partial charge in [0.1, 0.15) is 0 Å². The standard InChI is InChI=1S/C16H25BrN2O/c1-3-15-12-20-11-10-19(15)9-8-16(18-2)13-4-6-14(17)7-5-13/h4-7,15-16,18H,3,8-12H2,1-2H3. The van der Waals surface area contributed by atoms with E-state index in [1.165, 1.54) is 12.0 Å². The van der Waals surface area contributed by atoms with Gasteiger partial charge in [-0.3, -0.25) is 4.90 Å². The Bertz CT molecular complexity index is 396. The van der Waals surface area contributed by atoms with E-state index in [0.717, 1.165) is 37.2 Å². The van der Waals surface area contributed by atoms with Crippen LogP contribution in [0.2, 0.25) is 0 Å². The van der Waals surface area contributed by atoms with Crippen LogP contribution >= 0.6 is 15.9 Å². The quantitative estimate of drug-likeness (QED) is 0.860. The molecule has 1 fully saturated rings. The Morgan fingerprint density at radius 3 is 2.80 bits per heavy atom. The minimum atomic E-state index is 0.420. The second-order valence-electron chi connectivity index (χ2n) is 5.35. The zero-order chi connectivity index (χ0) is 14.4. The summed E-state index contributed by atoms with van der Waals surface area (Å²) in [6.45, 7) is 6.20. The number of morpholine rings is 1. The highest BCUT2D eigenvalue weighted by Gasteiger charge is 2.22. The third kappa shape index (κ3) is 4.29. The second-order valence-corrected chi connectivity index (χ2v) is 6.27. The van der Waals surface area contributed by atoms with Gasteiger partial charge >= 0.3 is 0 Å². The van der Waals surface area contributed by atoms with Crippen molar-refractivity contribution < 1.29 is 4.74 Å². The lowest BCUT2D eigenvalue weighted by atomic mass is 10.0. The molecule has 0 aliphatic carbocycles. The summed E-state index contributed by atoms with van der Waals surface area (Å²) in [5.41, 5.74) is 1.36. The number of hydrogen-bond donors (Lipinski definition) is 1. The fourth-order valence-corrected chi connectivity index (χ4v) is 3.09. The van der Waals surface area contributed by atoms with E-state index in [-0.39, 0.29) is 0 Å². The Morgan fingerprint density at radius 1 is 1.40 bits per heavy atom. The van der Waals surface area contributed by atoms with Crippen molar-refractivity contribution in [3.63, 3.8) is 0 Å². The summed E-state index contributed by atoms with van der Waals surface area (Å²) in [5.74, 6) is 0. The number of hydrogen-bond acceptors (Lipinski definition) is 3. The zero-order valence-corrected chi connectivity index (χ0v) is 14.0. The van der Waals surface area contributed by atoms with Crippen LogP contribution in [0.3, 0.4) is 0 Å². The summed E-state index contributed by atoms with van der Waals surface area (Å²) in [6, 6.07) is 9.63. The second kappa shape index (κ2) is 8.13. The zero-order valence-electron chi connectivity index (χ0n) is 12.4. The fourth-order valence-electron chi connectivity index (χ4n) is 2.83. The van der Waals surface area contributed by atoms with Gasteiger partial charge in [-0.15, -0.1) is 0 Å². The lowest BCUT2D eigenvalue weighted by Crippen LogP contribution is -2.46. The summed E-state index contributed by atoms with van der Waals surface area (Å²) < 4.78 is 6.71. The third-order valence-electron chi connectivity index (χ3n) is 4.15. The molecule has 0 bridgehead atoms. The molecule has 1 aromatic rings. The third-order valence-corrected chi connectivity index (χ3v) is 4.68. The molecule has 0 saturated carbocycles. The smallest absolute Gasteiger partial charge is 0.0622 e. The molecule has 4 heteroatoms. The monoisotopic (exact) mass is 340 g/mol. The highest BCUT2D eigenvalue weighted by atomic mass is 79.9. The number of ether oxygens (including phenoxy) is 1. The molecule has 2 unspecified atom stereocenters. The van der Waals surface area contributed by atoms with Crippen LogP contribution in [0.25, 0.3) is 0 Å². The molecule has 1 aliphatic rings. The molecule has 3 nitrogen and oxygen atoms in total.